The molecule has 1 atom stereocenters. The normalized spacial score (nSPS) is 28.6. The van der Waals surface area contributed by atoms with Gasteiger partial charge in [0.15, 0.2) is 5.96 Å². The number of hydrogen-bond donors (Lipinski definition) is 1. The molecule has 0 spiro atoms. The second-order valence-corrected chi connectivity index (χ2v) is 6.79. The van der Waals surface area contributed by atoms with E-state index in [9.17, 15) is 0 Å². The van der Waals surface area contributed by atoms with Gasteiger partial charge in [-0.1, -0.05) is 6.92 Å². The highest BCUT2D eigenvalue weighted by molar-refractivity contribution is 5.78. The number of rotatable bonds is 3. The van der Waals surface area contributed by atoms with Crippen molar-refractivity contribution in [2.75, 3.05) is 45.9 Å². The Morgan fingerprint density at radius 3 is 2.90 bits per heavy atom. The third-order valence-corrected chi connectivity index (χ3v) is 4.44. The molecule has 2 saturated heterocycles. The van der Waals surface area contributed by atoms with Gasteiger partial charge in [-0.25, -0.2) is 0 Å². The first-order valence-corrected chi connectivity index (χ1v) is 7.87. The molecule has 0 aromatic heterocycles. The van der Waals surface area contributed by atoms with E-state index in [0.717, 1.165) is 57.8 Å². The van der Waals surface area contributed by atoms with Crippen LogP contribution in [0.5, 0.6) is 0 Å². The van der Waals surface area contributed by atoms with Crippen LogP contribution in [-0.4, -0.2) is 67.2 Å². The maximum atomic E-state index is 6.13. The minimum Gasteiger partial charge on any atom is -0.378 e. The second kappa shape index (κ2) is 6.76. The summed E-state index contributed by atoms with van der Waals surface area (Å²) in [7, 11) is 0. The predicted octanol–water partition coefficient (Wildman–Crippen LogP) is 1.14. The molecule has 0 radical (unpaired) electrons. The minimum atomic E-state index is 0.113. The highest BCUT2D eigenvalue weighted by Gasteiger charge is 2.29. The topological polar surface area (TPSA) is 54.1 Å². The molecule has 0 saturated carbocycles. The van der Waals surface area contributed by atoms with Crippen LogP contribution in [0, 0.1) is 5.92 Å². The summed E-state index contributed by atoms with van der Waals surface area (Å²) < 4.78 is 5.54. The average molecular weight is 282 g/mol. The molecule has 1 unspecified atom stereocenters. The van der Waals surface area contributed by atoms with Gasteiger partial charge in [0.1, 0.15) is 0 Å². The van der Waals surface area contributed by atoms with Crippen LogP contribution in [-0.2, 0) is 4.74 Å². The van der Waals surface area contributed by atoms with Crippen LogP contribution in [0.1, 0.15) is 33.6 Å². The number of nitrogens with zero attached hydrogens (tertiary/aromatic N) is 3. The highest BCUT2D eigenvalue weighted by Crippen LogP contribution is 2.18. The lowest BCUT2D eigenvalue weighted by Crippen LogP contribution is -2.53. The lowest BCUT2D eigenvalue weighted by molar-refractivity contribution is -0.0491. The molecule has 0 aromatic carbocycles. The van der Waals surface area contributed by atoms with Gasteiger partial charge in [0, 0.05) is 31.7 Å². The zero-order valence-corrected chi connectivity index (χ0v) is 13.3. The van der Waals surface area contributed by atoms with Crippen molar-refractivity contribution in [3.63, 3.8) is 0 Å². The largest absolute Gasteiger partial charge is 0.378 e. The molecule has 20 heavy (non-hydrogen) atoms. The Kier molecular flexibility index (Phi) is 5.27. The number of nitrogens with two attached hydrogens (primary N) is 1. The van der Waals surface area contributed by atoms with E-state index in [-0.39, 0.29) is 5.54 Å². The molecule has 116 valence electrons. The summed E-state index contributed by atoms with van der Waals surface area (Å²) in [6, 6.07) is 0. The summed E-state index contributed by atoms with van der Waals surface area (Å²) in [6.45, 7) is 13.2. The zero-order chi connectivity index (χ0) is 14.6. The average Bonchev–Trinajstić information content (AvgIpc) is 2.40. The number of likely N-dealkylation sites (tertiary alicyclic amines) is 1. The Hall–Kier alpha value is -0.810. The molecule has 2 heterocycles. The number of hydrogen-bond acceptors (Lipinski definition) is 3. The predicted molar refractivity (Wildman–Crippen MR) is 82.9 cm³/mol. The molecule has 2 N–H and O–H groups in total. The van der Waals surface area contributed by atoms with Crippen molar-refractivity contribution in [3.8, 4) is 0 Å². The van der Waals surface area contributed by atoms with E-state index in [1.54, 1.807) is 0 Å². The maximum absolute atomic E-state index is 6.13. The zero-order valence-electron chi connectivity index (χ0n) is 13.3. The van der Waals surface area contributed by atoms with E-state index >= 15 is 0 Å². The Balaban J connectivity index is 1.80. The van der Waals surface area contributed by atoms with Crippen molar-refractivity contribution in [2.24, 2.45) is 16.6 Å². The summed E-state index contributed by atoms with van der Waals surface area (Å²) in [4.78, 5) is 9.27. The van der Waals surface area contributed by atoms with Crippen molar-refractivity contribution in [1.29, 1.82) is 0 Å². The number of piperidine rings is 1. The molecule has 5 nitrogen and oxygen atoms in total. The van der Waals surface area contributed by atoms with Crippen LogP contribution < -0.4 is 5.73 Å². The fourth-order valence-electron chi connectivity index (χ4n) is 3.09. The summed E-state index contributed by atoms with van der Waals surface area (Å²) >= 11 is 0. The molecule has 5 heteroatoms. The van der Waals surface area contributed by atoms with Gasteiger partial charge in [0.2, 0.25) is 0 Å². The molecule has 0 bridgehead atoms. The third kappa shape index (κ3) is 4.09. The van der Waals surface area contributed by atoms with Gasteiger partial charge >= 0.3 is 0 Å². The first-order valence-electron chi connectivity index (χ1n) is 7.87. The van der Waals surface area contributed by atoms with Gasteiger partial charge in [-0.15, -0.1) is 0 Å². The fraction of sp³-hybridized carbons (Fsp3) is 0.933. The molecular weight excluding hydrogens is 252 g/mol. The van der Waals surface area contributed by atoms with E-state index in [1.807, 2.05) is 0 Å². The molecule has 0 aromatic rings. The van der Waals surface area contributed by atoms with E-state index in [0.29, 0.717) is 0 Å². The standard InChI is InChI=1S/C15H30N4O/c1-13-5-4-7-18(11-13)14(16)17-6-8-19-9-10-20-12-15(19,2)3/h13H,4-12H2,1-3H3,(H2,16,17). The Morgan fingerprint density at radius 1 is 1.40 bits per heavy atom. The van der Waals surface area contributed by atoms with Crippen LogP contribution >= 0.6 is 0 Å². The quantitative estimate of drug-likeness (QED) is 0.623. The SMILES string of the molecule is CC1CCCN(C(N)=NCCN2CCOCC2(C)C)C1. The Bertz CT molecular complexity index is 343. The summed E-state index contributed by atoms with van der Waals surface area (Å²) in [6.07, 6.45) is 2.54. The minimum absolute atomic E-state index is 0.113. The molecule has 2 rings (SSSR count). The molecular formula is C15H30N4O. The van der Waals surface area contributed by atoms with Gasteiger partial charge < -0.3 is 15.4 Å². The van der Waals surface area contributed by atoms with Gasteiger partial charge in [-0.2, -0.15) is 0 Å². The molecule has 2 fully saturated rings. The van der Waals surface area contributed by atoms with Crippen molar-refractivity contribution in [1.82, 2.24) is 9.80 Å². The lowest BCUT2D eigenvalue weighted by Gasteiger charge is -2.41. The molecule has 2 aliphatic heterocycles. The first-order chi connectivity index (χ1) is 9.49. The van der Waals surface area contributed by atoms with Crippen molar-refractivity contribution >= 4 is 5.96 Å². The van der Waals surface area contributed by atoms with E-state index in [1.165, 1.54) is 12.8 Å². The highest BCUT2D eigenvalue weighted by atomic mass is 16.5. The lowest BCUT2D eigenvalue weighted by atomic mass is 10.0. The molecule has 2 aliphatic rings. The number of ether oxygens (including phenoxy) is 1. The maximum Gasteiger partial charge on any atom is 0.191 e. The molecule has 0 amide bonds. The van der Waals surface area contributed by atoms with Crippen molar-refractivity contribution in [3.05, 3.63) is 0 Å². The van der Waals surface area contributed by atoms with Crippen LogP contribution in [0.2, 0.25) is 0 Å². The van der Waals surface area contributed by atoms with E-state index in [2.05, 4.69) is 35.6 Å². The van der Waals surface area contributed by atoms with Crippen LogP contribution in [0.15, 0.2) is 4.99 Å². The van der Waals surface area contributed by atoms with E-state index < -0.39 is 0 Å². The first kappa shape index (κ1) is 15.6. The van der Waals surface area contributed by atoms with Gasteiger partial charge in [-0.3, -0.25) is 9.89 Å². The number of aliphatic imine (C=N–C) groups is 1. The van der Waals surface area contributed by atoms with Gasteiger partial charge in [-0.05, 0) is 32.6 Å². The number of guanidine groups is 1. The Labute approximate surface area is 123 Å². The third-order valence-electron chi connectivity index (χ3n) is 4.44. The fourth-order valence-corrected chi connectivity index (χ4v) is 3.09. The van der Waals surface area contributed by atoms with E-state index in [4.69, 9.17) is 10.5 Å². The monoisotopic (exact) mass is 282 g/mol. The van der Waals surface area contributed by atoms with Gasteiger partial charge in [0.05, 0.1) is 19.8 Å². The second-order valence-electron chi connectivity index (χ2n) is 6.79. The van der Waals surface area contributed by atoms with Crippen molar-refractivity contribution in [2.45, 2.75) is 39.2 Å². The molecule has 0 aliphatic carbocycles. The van der Waals surface area contributed by atoms with Crippen molar-refractivity contribution < 1.29 is 4.74 Å². The van der Waals surface area contributed by atoms with Gasteiger partial charge in [0.25, 0.3) is 0 Å². The summed E-state index contributed by atoms with van der Waals surface area (Å²) in [5.74, 6) is 1.46. The Morgan fingerprint density at radius 2 is 2.20 bits per heavy atom. The van der Waals surface area contributed by atoms with Crippen LogP contribution in [0.3, 0.4) is 0 Å². The van der Waals surface area contributed by atoms with Crippen LogP contribution in [0.4, 0.5) is 0 Å². The number of morpholine rings is 1. The van der Waals surface area contributed by atoms with Crippen LogP contribution in [0.25, 0.3) is 0 Å². The smallest absolute Gasteiger partial charge is 0.191 e. The summed E-state index contributed by atoms with van der Waals surface area (Å²) in [5.41, 5.74) is 6.24. The summed E-state index contributed by atoms with van der Waals surface area (Å²) in [5, 5.41) is 0.